The van der Waals surface area contributed by atoms with Gasteiger partial charge in [0.1, 0.15) is 6.04 Å². The second kappa shape index (κ2) is 6.55. The zero-order chi connectivity index (χ0) is 14.4. The number of hydrogen-bond acceptors (Lipinski definition) is 3. The van der Waals surface area contributed by atoms with Gasteiger partial charge in [0.15, 0.2) is 0 Å². The molecule has 1 rings (SSSR count). The number of carbonyl (C=O) groups is 2. The Morgan fingerprint density at radius 3 is 2.53 bits per heavy atom. The number of anilines is 1. The number of carbonyl (C=O) groups excluding carboxylic acids is 2. The summed E-state index contributed by atoms with van der Waals surface area (Å²) in [6.45, 7) is 5.08. The van der Waals surface area contributed by atoms with Crippen LogP contribution in [0, 0.1) is 17.2 Å². The lowest BCUT2D eigenvalue weighted by Crippen LogP contribution is -2.46. The lowest BCUT2D eigenvalue weighted by Gasteiger charge is -2.20. The van der Waals surface area contributed by atoms with Crippen LogP contribution in [0.25, 0.3) is 0 Å². The van der Waals surface area contributed by atoms with Crippen LogP contribution in [0.5, 0.6) is 0 Å². The highest BCUT2D eigenvalue weighted by Crippen LogP contribution is 2.12. The van der Waals surface area contributed by atoms with Crippen LogP contribution in [-0.4, -0.2) is 17.9 Å². The molecule has 0 bridgehead atoms. The first-order chi connectivity index (χ1) is 8.93. The lowest BCUT2D eigenvalue weighted by atomic mass is 10.0. The predicted molar refractivity (Wildman–Crippen MR) is 72.2 cm³/mol. The number of nitrogens with one attached hydrogen (secondary N) is 2. The van der Waals surface area contributed by atoms with Crippen LogP contribution < -0.4 is 10.6 Å². The molecule has 0 aromatic heterocycles. The SMILES string of the molecule is CC(=O)NC(C(=O)Nc1cccc(C#N)c1)C(C)C. The molecule has 1 atom stereocenters. The van der Waals surface area contributed by atoms with Gasteiger partial charge in [-0.3, -0.25) is 9.59 Å². The summed E-state index contributed by atoms with van der Waals surface area (Å²) in [4.78, 5) is 23.2. The molecule has 1 unspecified atom stereocenters. The van der Waals surface area contributed by atoms with E-state index in [2.05, 4.69) is 10.6 Å². The summed E-state index contributed by atoms with van der Waals surface area (Å²) in [5.74, 6) is -0.567. The Balaban J connectivity index is 2.81. The normalized spacial score (nSPS) is 11.5. The van der Waals surface area contributed by atoms with E-state index in [0.29, 0.717) is 11.3 Å². The molecule has 0 aliphatic heterocycles. The third kappa shape index (κ3) is 4.43. The molecular formula is C14H17N3O2. The highest BCUT2D eigenvalue weighted by Gasteiger charge is 2.22. The number of nitriles is 1. The zero-order valence-electron chi connectivity index (χ0n) is 11.2. The van der Waals surface area contributed by atoms with Crippen LogP contribution in [-0.2, 0) is 9.59 Å². The second-order valence-electron chi connectivity index (χ2n) is 4.60. The average molecular weight is 259 g/mol. The molecule has 0 heterocycles. The standard InChI is InChI=1S/C14H17N3O2/c1-9(2)13(16-10(3)18)14(19)17-12-6-4-5-11(7-12)8-15/h4-7,9,13H,1-3H3,(H,16,18)(H,17,19). The van der Waals surface area contributed by atoms with E-state index in [4.69, 9.17) is 5.26 Å². The number of benzene rings is 1. The highest BCUT2D eigenvalue weighted by molar-refractivity contribution is 5.97. The van der Waals surface area contributed by atoms with Crippen LogP contribution in [0.4, 0.5) is 5.69 Å². The molecule has 19 heavy (non-hydrogen) atoms. The summed E-state index contributed by atoms with van der Waals surface area (Å²) in [7, 11) is 0. The molecule has 0 saturated heterocycles. The molecular weight excluding hydrogens is 242 g/mol. The van der Waals surface area contributed by atoms with Crippen LogP contribution in [0.1, 0.15) is 26.3 Å². The molecule has 2 amide bonds. The molecule has 100 valence electrons. The Kier molecular flexibility index (Phi) is 5.07. The summed E-state index contributed by atoms with van der Waals surface area (Å²) in [6.07, 6.45) is 0. The van der Waals surface area contributed by atoms with Crippen molar-refractivity contribution in [2.45, 2.75) is 26.8 Å². The van der Waals surface area contributed by atoms with E-state index < -0.39 is 6.04 Å². The van der Waals surface area contributed by atoms with Crippen LogP contribution in [0.3, 0.4) is 0 Å². The number of amides is 2. The molecule has 0 aliphatic rings. The van der Waals surface area contributed by atoms with Crippen molar-refractivity contribution in [1.82, 2.24) is 5.32 Å². The van der Waals surface area contributed by atoms with Gasteiger partial charge in [-0.2, -0.15) is 5.26 Å². The van der Waals surface area contributed by atoms with Gasteiger partial charge in [0.25, 0.3) is 0 Å². The smallest absolute Gasteiger partial charge is 0.247 e. The van der Waals surface area contributed by atoms with Gasteiger partial charge in [0.2, 0.25) is 11.8 Å². The monoisotopic (exact) mass is 259 g/mol. The molecule has 2 N–H and O–H groups in total. The lowest BCUT2D eigenvalue weighted by molar-refractivity contribution is -0.126. The van der Waals surface area contributed by atoms with Crippen molar-refractivity contribution in [3.8, 4) is 6.07 Å². The Morgan fingerprint density at radius 2 is 2.00 bits per heavy atom. The average Bonchev–Trinajstić information content (AvgIpc) is 2.35. The summed E-state index contributed by atoms with van der Waals surface area (Å²) in [5.41, 5.74) is 1.01. The Hall–Kier alpha value is -2.35. The van der Waals surface area contributed by atoms with Crippen LogP contribution in [0.15, 0.2) is 24.3 Å². The molecule has 0 saturated carbocycles. The van der Waals surface area contributed by atoms with Gasteiger partial charge >= 0.3 is 0 Å². The fourth-order valence-corrected chi connectivity index (χ4v) is 1.64. The first-order valence-electron chi connectivity index (χ1n) is 6.02. The van der Waals surface area contributed by atoms with Crippen molar-refractivity contribution < 1.29 is 9.59 Å². The van der Waals surface area contributed by atoms with E-state index in [0.717, 1.165) is 0 Å². The van der Waals surface area contributed by atoms with E-state index in [1.54, 1.807) is 24.3 Å². The van der Waals surface area contributed by atoms with Crippen molar-refractivity contribution >= 4 is 17.5 Å². The third-order valence-electron chi connectivity index (χ3n) is 2.57. The molecule has 5 heteroatoms. The molecule has 5 nitrogen and oxygen atoms in total. The van der Waals surface area contributed by atoms with Gasteiger partial charge in [-0.25, -0.2) is 0 Å². The molecule has 1 aromatic carbocycles. The molecule has 0 fully saturated rings. The van der Waals surface area contributed by atoms with Crippen LogP contribution in [0.2, 0.25) is 0 Å². The fraction of sp³-hybridized carbons (Fsp3) is 0.357. The number of nitrogens with zero attached hydrogens (tertiary/aromatic N) is 1. The highest BCUT2D eigenvalue weighted by atomic mass is 16.2. The Bertz CT molecular complexity index is 518. The van der Waals surface area contributed by atoms with Crippen LogP contribution >= 0.6 is 0 Å². The van der Waals surface area contributed by atoms with Gasteiger partial charge in [-0.1, -0.05) is 19.9 Å². The Morgan fingerprint density at radius 1 is 1.32 bits per heavy atom. The van der Waals surface area contributed by atoms with E-state index in [-0.39, 0.29) is 17.7 Å². The second-order valence-corrected chi connectivity index (χ2v) is 4.60. The minimum Gasteiger partial charge on any atom is -0.344 e. The molecule has 1 aromatic rings. The maximum atomic E-state index is 12.1. The minimum atomic E-state index is -0.594. The number of hydrogen-bond donors (Lipinski definition) is 2. The summed E-state index contributed by atoms with van der Waals surface area (Å²) in [6, 6.07) is 8.04. The van der Waals surface area contributed by atoms with E-state index in [1.165, 1.54) is 6.92 Å². The summed E-state index contributed by atoms with van der Waals surface area (Å²) >= 11 is 0. The maximum Gasteiger partial charge on any atom is 0.247 e. The van der Waals surface area contributed by atoms with Gasteiger partial charge in [0, 0.05) is 12.6 Å². The minimum absolute atomic E-state index is 0.0250. The van der Waals surface area contributed by atoms with E-state index >= 15 is 0 Å². The van der Waals surface area contributed by atoms with Crippen molar-refractivity contribution in [2.24, 2.45) is 5.92 Å². The quantitative estimate of drug-likeness (QED) is 0.862. The van der Waals surface area contributed by atoms with Crippen molar-refractivity contribution in [2.75, 3.05) is 5.32 Å². The number of rotatable bonds is 4. The molecule has 0 aliphatic carbocycles. The largest absolute Gasteiger partial charge is 0.344 e. The summed E-state index contributed by atoms with van der Waals surface area (Å²) < 4.78 is 0. The van der Waals surface area contributed by atoms with Crippen molar-refractivity contribution in [1.29, 1.82) is 5.26 Å². The Labute approximate surface area is 112 Å². The zero-order valence-corrected chi connectivity index (χ0v) is 11.2. The molecule has 0 spiro atoms. The van der Waals surface area contributed by atoms with Gasteiger partial charge in [-0.15, -0.1) is 0 Å². The van der Waals surface area contributed by atoms with Gasteiger partial charge in [0.05, 0.1) is 11.6 Å². The van der Waals surface area contributed by atoms with Crippen molar-refractivity contribution in [3.05, 3.63) is 29.8 Å². The third-order valence-corrected chi connectivity index (χ3v) is 2.57. The topological polar surface area (TPSA) is 82.0 Å². The first-order valence-corrected chi connectivity index (χ1v) is 6.02. The predicted octanol–water partition coefficient (Wildman–Crippen LogP) is 1.66. The van der Waals surface area contributed by atoms with Gasteiger partial charge in [-0.05, 0) is 24.1 Å². The van der Waals surface area contributed by atoms with Crippen molar-refractivity contribution in [3.63, 3.8) is 0 Å². The van der Waals surface area contributed by atoms with Gasteiger partial charge < -0.3 is 10.6 Å². The summed E-state index contributed by atoms with van der Waals surface area (Å²) in [5, 5.41) is 14.1. The van der Waals surface area contributed by atoms with E-state index in [9.17, 15) is 9.59 Å². The molecule has 0 radical (unpaired) electrons. The first kappa shape index (κ1) is 14.7. The fourth-order valence-electron chi connectivity index (χ4n) is 1.64. The van der Waals surface area contributed by atoms with E-state index in [1.807, 2.05) is 19.9 Å². The maximum absolute atomic E-state index is 12.1.